The number of anilines is 1. The summed E-state index contributed by atoms with van der Waals surface area (Å²) >= 11 is 1.31. The van der Waals surface area contributed by atoms with Gasteiger partial charge in [-0.2, -0.15) is 0 Å². The highest BCUT2D eigenvalue weighted by molar-refractivity contribution is 7.16. The van der Waals surface area contributed by atoms with Gasteiger partial charge in [0.25, 0.3) is 5.91 Å². The van der Waals surface area contributed by atoms with Crippen molar-refractivity contribution in [3.63, 3.8) is 0 Å². The molecule has 3 aliphatic rings. The molecule has 29 heavy (non-hydrogen) atoms. The third-order valence-corrected chi connectivity index (χ3v) is 6.89. The lowest BCUT2D eigenvalue weighted by Gasteiger charge is -2.41. The van der Waals surface area contributed by atoms with Crippen molar-refractivity contribution in [3.8, 4) is 0 Å². The number of allylic oxidation sites excluding steroid dienone is 2. The maximum Gasteiger partial charge on any atom is 0.307 e. The molecular weight excluding hydrogens is 388 g/mol. The fourth-order valence-electron chi connectivity index (χ4n) is 4.49. The van der Waals surface area contributed by atoms with Crippen molar-refractivity contribution in [2.75, 3.05) is 5.32 Å². The van der Waals surface area contributed by atoms with E-state index in [1.54, 1.807) is 6.07 Å². The number of nitrogens with one attached hydrogen (secondary N) is 1. The van der Waals surface area contributed by atoms with Gasteiger partial charge in [-0.25, -0.2) is 0 Å². The number of carbonyl (C=O) groups is 3. The van der Waals surface area contributed by atoms with Crippen LogP contribution in [0.25, 0.3) is 0 Å². The van der Waals surface area contributed by atoms with Crippen molar-refractivity contribution in [2.45, 2.75) is 19.3 Å². The van der Waals surface area contributed by atoms with E-state index in [4.69, 9.17) is 5.73 Å². The summed E-state index contributed by atoms with van der Waals surface area (Å²) in [7, 11) is 0. The van der Waals surface area contributed by atoms with Crippen LogP contribution in [0.3, 0.4) is 0 Å². The summed E-state index contributed by atoms with van der Waals surface area (Å²) in [5, 5.41) is 12.9. The Morgan fingerprint density at radius 2 is 1.72 bits per heavy atom. The third kappa shape index (κ3) is 3.82. The Balaban J connectivity index is 1.58. The number of hydrogen-bond donors (Lipinski definition) is 3. The zero-order valence-corrected chi connectivity index (χ0v) is 16.5. The lowest BCUT2D eigenvalue weighted by atomic mass is 9.62. The first-order valence-corrected chi connectivity index (χ1v) is 10.4. The molecule has 1 aromatic heterocycles. The molecule has 1 aromatic carbocycles. The SMILES string of the molecule is NC(=O)c1cc(Cc2ccccc2)sc1NC(=O)[C@H]1[C@H](C(=O)O)[C@H]2C=C[C@H]1CC2. The monoisotopic (exact) mass is 410 g/mol. The van der Waals surface area contributed by atoms with Crippen molar-refractivity contribution in [1.29, 1.82) is 0 Å². The Kier molecular flexibility index (Phi) is 5.24. The lowest BCUT2D eigenvalue weighted by Crippen LogP contribution is -2.47. The molecule has 1 saturated carbocycles. The summed E-state index contributed by atoms with van der Waals surface area (Å²) in [5.74, 6) is -3.52. The Labute approximate surface area is 172 Å². The van der Waals surface area contributed by atoms with E-state index in [0.717, 1.165) is 23.3 Å². The number of fused-ring (bicyclic) bond motifs is 2. The summed E-state index contributed by atoms with van der Waals surface area (Å²) in [5.41, 5.74) is 6.87. The Bertz CT molecular complexity index is 982. The van der Waals surface area contributed by atoms with Crippen LogP contribution >= 0.6 is 11.3 Å². The third-order valence-electron chi connectivity index (χ3n) is 5.84. The van der Waals surface area contributed by atoms with E-state index in [1.165, 1.54) is 11.3 Å². The molecule has 1 fully saturated rings. The summed E-state index contributed by atoms with van der Waals surface area (Å²) in [6, 6.07) is 11.5. The molecule has 4 atom stereocenters. The standard InChI is InChI=1S/C22H22N2O4S/c23-19(25)16-11-15(10-12-4-2-1-3-5-12)29-21(16)24-20(26)17-13-6-8-14(9-7-13)18(17)22(27)28/h1-6,8,11,13-14,17-18H,7,9-10H2,(H2,23,25)(H,24,26)(H,27,28)/t13-,14-,17+,18+/m0/s1. The Morgan fingerprint density at radius 3 is 2.31 bits per heavy atom. The van der Waals surface area contributed by atoms with Gasteiger partial charge in [-0.1, -0.05) is 42.5 Å². The quantitative estimate of drug-likeness (QED) is 0.635. The molecule has 0 unspecified atom stereocenters. The van der Waals surface area contributed by atoms with Gasteiger partial charge in [0.2, 0.25) is 5.91 Å². The van der Waals surface area contributed by atoms with Gasteiger partial charge < -0.3 is 16.2 Å². The van der Waals surface area contributed by atoms with Gasteiger partial charge in [0, 0.05) is 11.3 Å². The molecule has 1 heterocycles. The minimum absolute atomic E-state index is 0.0955. The molecule has 0 spiro atoms. The highest BCUT2D eigenvalue weighted by Gasteiger charge is 2.48. The highest BCUT2D eigenvalue weighted by Crippen LogP contribution is 2.45. The largest absolute Gasteiger partial charge is 0.481 e. The number of benzene rings is 1. The molecule has 7 heteroatoms. The van der Waals surface area contributed by atoms with Gasteiger partial charge in [-0.05, 0) is 36.3 Å². The Morgan fingerprint density at radius 1 is 1.07 bits per heavy atom. The van der Waals surface area contributed by atoms with Crippen molar-refractivity contribution in [1.82, 2.24) is 0 Å². The fourth-order valence-corrected chi connectivity index (χ4v) is 5.58. The number of aliphatic carboxylic acids is 1. The van der Waals surface area contributed by atoms with E-state index < -0.39 is 23.7 Å². The molecule has 0 aliphatic heterocycles. The van der Waals surface area contributed by atoms with E-state index >= 15 is 0 Å². The molecule has 6 nitrogen and oxygen atoms in total. The molecular formula is C22H22N2O4S. The van der Waals surface area contributed by atoms with Gasteiger partial charge in [-0.15, -0.1) is 11.3 Å². The number of amides is 2. The van der Waals surface area contributed by atoms with Crippen LogP contribution in [0.2, 0.25) is 0 Å². The number of carboxylic acids is 1. The van der Waals surface area contributed by atoms with Crippen LogP contribution in [0.5, 0.6) is 0 Å². The normalized spacial score (nSPS) is 25.0. The second kappa shape index (κ2) is 7.83. The molecule has 2 bridgehead atoms. The molecule has 4 N–H and O–H groups in total. The molecule has 5 rings (SSSR count). The van der Waals surface area contributed by atoms with Crippen LogP contribution in [0.1, 0.15) is 33.6 Å². The molecule has 0 radical (unpaired) electrons. The van der Waals surface area contributed by atoms with E-state index in [9.17, 15) is 19.5 Å². The number of thiophene rings is 1. The predicted molar refractivity (Wildman–Crippen MR) is 111 cm³/mol. The van der Waals surface area contributed by atoms with Crippen molar-refractivity contribution < 1.29 is 19.5 Å². The first-order chi connectivity index (χ1) is 13.9. The zero-order valence-electron chi connectivity index (χ0n) is 15.7. The molecule has 3 aliphatic carbocycles. The predicted octanol–water partition coefficient (Wildman–Crippen LogP) is 3.29. The van der Waals surface area contributed by atoms with Gasteiger partial charge in [0.05, 0.1) is 17.4 Å². The van der Waals surface area contributed by atoms with E-state index in [-0.39, 0.29) is 23.3 Å². The summed E-state index contributed by atoms with van der Waals surface area (Å²) in [6.45, 7) is 0. The highest BCUT2D eigenvalue weighted by atomic mass is 32.1. The van der Waals surface area contributed by atoms with Gasteiger partial charge in [0.1, 0.15) is 5.00 Å². The Hall–Kier alpha value is -2.93. The molecule has 0 saturated heterocycles. The van der Waals surface area contributed by atoms with Crippen molar-refractivity contribution >= 4 is 34.1 Å². The summed E-state index contributed by atoms with van der Waals surface area (Å²) in [6.07, 6.45) is 6.09. The first kappa shape index (κ1) is 19.4. The average molecular weight is 410 g/mol. The van der Waals surface area contributed by atoms with Gasteiger partial charge >= 0.3 is 5.97 Å². The number of primary amides is 1. The summed E-state index contributed by atoms with van der Waals surface area (Å²) < 4.78 is 0. The molecule has 2 amide bonds. The number of nitrogens with two attached hydrogens (primary N) is 1. The maximum absolute atomic E-state index is 13.1. The fraction of sp³-hybridized carbons (Fsp3) is 0.318. The van der Waals surface area contributed by atoms with Crippen LogP contribution in [-0.2, 0) is 16.0 Å². The van der Waals surface area contributed by atoms with E-state index in [2.05, 4.69) is 5.32 Å². The van der Waals surface area contributed by atoms with Gasteiger partial charge in [-0.3, -0.25) is 14.4 Å². The number of rotatable bonds is 6. The van der Waals surface area contributed by atoms with E-state index in [1.807, 2.05) is 42.5 Å². The van der Waals surface area contributed by atoms with Crippen LogP contribution in [0.15, 0.2) is 48.6 Å². The van der Waals surface area contributed by atoms with Crippen molar-refractivity contribution in [2.24, 2.45) is 29.4 Å². The summed E-state index contributed by atoms with van der Waals surface area (Å²) in [4.78, 5) is 37.7. The van der Waals surface area contributed by atoms with Crippen LogP contribution < -0.4 is 11.1 Å². The van der Waals surface area contributed by atoms with E-state index in [0.29, 0.717) is 11.4 Å². The number of carboxylic acid groups (broad SMARTS) is 1. The second-order valence-corrected chi connectivity index (χ2v) is 8.79. The molecule has 150 valence electrons. The van der Waals surface area contributed by atoms with Crippen LogP contribution in [-0.4, -0.2) is 22.9 Å². The number of hydrogen-bond acceptors (Lipinski definition) is 4. The van der Waals surface area contributed by atoms with Crippen molar-refractivity contribution in [3.05, 3.63) is 64.6 Å². The van der Waals surface area contributed by atoms with Gasteiger partial charge in [0.15, 0.2) is 0 Å². The first-order valence-electron chi connectivity index (χ1n) is 9.62. The molecule has 2 aromatic rings. The zero-order chi connectivity index (χ0) is 20.5. The second-order valence-electron chi connectivity index (χ2n) is 7.65. The topological polar surface area (TPSA) is 109 Å². The van der Waals surface area contributed by atoms with Crippen LogP contribution in [0.4, 0.5) is 5.00 Å². The van der Waals surface area contributed by atoms with Crippen LogP contribution in [0, 0.1) is 23.7 Å². The average Bonchev–Trinajstić information content (AvgIpc) is 3.11. The lowest BCUT2D eigenvalue weighted by molar-refractivity contribution is -0.151. The smallest absolute Gasteiger partial charge is 0.307 e. The minimum atomic E-state index is -0.949. The maximum atomic E-state index is 13.1. The minimum Gasteiger partial charge on any atom is -0.481 e. The number of carbonyl (C=O) groups excluding carboxylic acids is 2.